The summed E-state index contributed by atoms with van der Waals surface area (Å²) in [6, 6.07) is 6.24. The van der Waals surface area contributed by atoms with Crippen LogP contribution >= 0.6 is 11.3 Å². The molecule has 0 amide bonds. The van der Waals surface area contributed by atoms with Crippen molar-refractivity contribution in [3.8, 4) is 5.75 Å². The smallest absolute Gasteiger partial charge is 0.387 e. The number of para-hydroxylation sites is 1. The molecule has 0 bridgehead atoms. The lowest BCUT2D eigenvalue weighted by molar-refractivity contribution is -0.0515. The third kappa shape index (κ3) is 3.24. The molecule has 0 aliphatic rings. The molecule has 0 aliphatic heterocycles. The molecule has 2 rings (SSSR count). The summed E-state index contributed by atoms with van der Waals surface area (Å²) in [6.07, 6.45) is 1.08. The number of alkyl halides is 2. The predicted molar refractivity (Wildman–Crippen MR) is 63.9 cm³/mol. The number of aliphatic hydroxyl groups excluding tert-OH is 1. The average molecular weight is 271 g/mol. The second-order valence-electron chi connectivity index (χ2n) is 3.60. The van der Waals surface area contributed by atoms with E-state index in [1.54, 1.807) is 29.9 Å². The Balaban J connectivity index is 2.16. The Kier molecular flexibility index (Phi) is 4.22. The van der Waals surface area contributed by atoms with Gasteiger partial charge in [-0.2, -0.15) is 8.78 Å². The third-order valence-corrected chi connectivity index (χ3v) is 3.17. The number of nitrogens with zero attached hydrogens (tertiary/aromatic N) is 1. The topological polar surface area (TPSA) is 42.4 Å². The van der Waals surface area contributed by atoms with Crippen LogP contribution in [-0.2, 0) is 6.42 Å². The Morgan fingerprint density at radius 2 is 2.11 bits per heavy atom. The first-order chi connectivity index (χ1) is 8.66. The summed E-state index contributed by atoms with van der Waals surface area (Å²) in [4.78, 5) is 4.78. The molecule has 3 nitrogen and oxygen atoms in total. The van der Waals surface area contributed by atoms with E-state index in [2.05, 4.69) is 9.72 Å². The molecule has 1 aromatic heterocycles. The monoisotopic (exact) mass is 271 g/mol. The van der Waals surface area contributed by atoms with E-state index in [9.17, 15) is 13.9 Å². The number of aliphatic hydroxyl groups is 1. The quantitative estimate of drug-likeness (QED) is 0.909. The summed E-state index contributed by atoms with van der Waals surface area (Å²) in [6.45, 7) is -2.90. The molecule has 1 aromatic carbocycles. The lowest BCUT2D eigenvalue weighted by Crippen LogP contribution is -2.08. The first-order valence-corrected chi connectivity index (χ1v) is 6.14. The Morgan fingerprint density at radius 1 is 1.33 bits per heavy atom. The number of hydrogen-bond donors (Lipinski definition) is 1. The van der Waals surface area contributed by atoms with Gasteiger partial charge in [0.25, 0.3) is 0 Å². The van der Waals surface area contributed by atoms with Crippen molar-refractivity contribution in [1.82, 2.24) is 4.98 Å². The summed E-state index contributed by atoms with van der Waals surface area (Å²) in [5.74, 6) is 0.00418. The van der Waals surface area contributed by atoms with Crippen LogP contribution in [0.2, 0.25) is 0 Å². The van der Waals surface area contributed by atoms with Crippen LogP contribution < -0.4 is 4.74 Å². The zero-order chi connectivity index (χ0) is 13.0. The van der Waals surface area contributed by atoms with Crippen LogP contribution in [0.4, 0.5) is 8.78 Å². The highest BCUT2D eigenvalue weighted by Crippen LogP contribution is 2.29. The van der Waals surface area contributed by atoms with Crippen molar-refractivity contribution >= 4 is 11.3 Å². The van der Waals surface area contributed by atoms with E-state index in [-0.39, 0.29) is 5.75 Å². The highest BCUT2D eigenvalue weighted by molar-refractivity contribution is 7.09. The van der Waals surface area contributed by atoms with Crippen LogP contribution in [0.3, 0.4) is 0 Å². The molecule has 0 radical (unpaired) electrons. The summed E-state index contributed by atoms with van der Waals surface area (Å²) < 4.78 is 28.8. The maximum Gasteiger partial charge on any atom is 0.387 e. The average Bonchev–Trinajstić information content (AvgIpc) is 2.81. The first-order valence-electron chi connectivity index (χ1n) is 5.26. The lowest BCUT2D eigenvalue weighted by Gasteiger charge is -2.14. The van der Waals surface area contributed by atoms with Gasteiger partial charge in [-0.3, -0.25) is 4.98 Å². The number of halogens is 2. The molecule has 0 aliphatic carbocycles. The first kappa shape index (κ1) is 12.9. The fourth-order valence-corrected chi connectivity index (χ4v) is 2.24. The molecule has 1 N–H and O–H groups in total. The number of benzene rings is 1. The van der Waals surface area contributed by atoms with Crippen LogP contribution in [0, 0.1) is 0 Å². The summed E-state index contributed by atoms with van der Waals surface area (Å²) in [5.41, 5.74) is 2.01. The molecule has 6 heteroatoms. The summed E-state index contributed by atoms with van der Waals surface area (Å²) in [5, 5.41) is 10.0. The Bertz CT molecular complexity index is 491. The number of rotatable bonds is 5. The van der Waals surface area contributed by atoms with E-state index < -0.39 is 12.7 Å². The van der Waals surface area contributed by atoms with Crippen molar-refractivity contribution < 1.29 is 18.6 Å². The van der Waals surface area contributed by atoms with E-state index in [4.69, 9.17) is 0 Å². The van der Waals surface area contributed by atoms with Crippen LogP contribution in [0.15, 0.2) is 36.0 Å². The number of thiazole rings is 1. The van der Waals surface area contributed by atoms with Gasteiger partial charge in [0.05, 0.1) is 11.6 Å². The van der Waals surface area contributed by atoms with Crippen molar-refractivity contribution in [2.45, 2.75) is 19.1 Å². The molecule has 2 aromatic rings. The molecule has 0 saturated heterocycles. The van der Waals surface area contributed by atoms with Crippen LogP contribution in [0.25, 0.3) is 0 Å². The molecular weight excluding hydrogens is 260 g/mol. The maximum absolute atomic E-state index is 12.2. The van der Waals surface area contributed by atoms with Gasteiger partial charge in [-0.15, -0.1) is 11.3 Å². The van der Waals surface area contributed by atoms with Gasteiger partial charge in [-0.1, -0.05) is 18.2 Å². The van der Waals surface area contributed by atoms with E-state index in [1.165, 1.54) is 17.4 Å². The molecule has 0 spiro atoms. The number of ether oxygens (including phenoxy) is 1. The maximum atomic E-state index is 12.2. The number of aromatic nitrogens is 1. The van der Waals surface area contributed by atoms with Gasteiger partial charge in [0.1, 0.15) is 5.75 Å². The van der Waals surface area contributed by atoms with E-state index in [1.807, 2.05) is 0 Å². The molecular formula is C12H11F2NO2S. The predicted octanol–water partition coefficient (Wildman–Crippen LogP) is 3.02. The Hall–Kier alpha value is -1.53. The molecule has 1 unspecified atom stereocenters. The zero-order valence-electron chi connectivity index (χ0n) is 9.29. The molecule has 96 valence electrons. The van der Waals surface area contributed by atoms with Crippen molar-refractivity contribution in [3.63, 3.8) is 0 Å². The van der Waals surface area contributed by atoms with Gasteiger partial charge in [0.2, 0.25) is 0 Å². The summed E-state index contributed by atoms with van der Waals surface area (Å²) >= 11 is 1.41. The van der Waals surface area contributed by atoms with E-state index in [0.717, 1.165) is 4.88 Å². The zero-order valence-corrected chi connectivity index (χ0v) is 10.1. The van der Waals surface area contributed by atoms with Crippen molar-refractivity contribution in [1.29, 1.82) is 0 Å². The minimum atomic E-state index is -2.90. The third-order valence-electron chi connectivity index (χ3n) is 2.37. The number of hydrogen-bond acceptors (Lipinski definition) is 4. The van der Waals surface area contributed by atoms with Crippen LogP contribution in [0.1, 0.15) is 16.5 Å². The van der Waals surface area contributed by atoms with E-state index in [0.29, 0.717) is 12.0 Å². The standard InChI is InChI=1S/C12H11F2NO2S/c13-12(14)17-11-4-2-1-3-9(11)10(16)5-8-6-15-7-18-8/h1-4,6-7,10,12,16H,5H2. The minimum Gasteiger partial charge on any atom is -0.434 e. The van der Waals surface area contributed by atoms with Crippen LogP contribution in [-0.4, -0.2) is 16.7 Å². The largest absolute Gasteiger partial charge is 0.434 e. The van der Waals surface area contributed by atoms with Crippen molar-refractivity contribution in [2.75, 3.05) is 0 Å². The van der Waals surface area contributed by atoms with E-state index >= 15 is 0 Å². The van der Waals surface area contributed by atoms with Gasteiger partial charge in [0, 0.05) is 23.1 Å². The fraction of sp³-hybridized carbons (Fsp3) is 0.250. The fourth-order valence-electron chi connectivity index (χ4n) is 1.60. The normalized spacial score (nSPS) is 12.7. The molecule has 1 heterocycles. The van der Waals surface area contributed by atoms with Crippen molar-refractivity contribution in [2.24, 2.45) is 0 Å². The van der Waals surface area contributed by atoms with Crippen LogP contribution in [0.5, 0.6) is 5.75 Å². The highest BCUT2D eigenvalue weighted by atomic mass is 32.1. The molecule has 0 saturated carbocycles. The van der Waals surface area contributed by atoms with Gasteiger partial charge < -0.3 is 9.84 Å². The Labute approximate surface area is 107 Å². The molecule has 0 fully saturated rings. The SMILES string of the molecule is OC(Cc1cncs1)c1ccccc1OC(F)F. The Morgan fingerprint density at radius 3 is 2.78 bits per heavy atom. The second kappa shape index (κ2) is 5.88. The molecule has 18 heavy (non-hydrogen) atoms. The second-order valence-corrected chi connectivity index (χ2v) is 4.57. The summed E-state index contributed by atoms with van der Waals surface area (Å²) in [7, 11) is 0. The van der Waals surface area contributed by atoms with Gasteiger partial charge in [0.15, 0.2) is 0 Å². The highest BCUT2D eigenvalue weighted by Gasteiger charge is 2.16. The van der Waals surface area contributed by atoms with Gasteiger partial charge in [-0.25, -0.2) is 0 Å². The lowest BCUT2D eigenvalue weighted by atomic mass is 10.1. The van der Waals surface area contributed by atoms with Gasteiger partial charge >= 0.3 is 6.61 Å². The van der Waals surface area contributed by atoms with Gasteiger partial charge in [-0.05, 0) is 6.07 Å². The minimum absolute atomic E-state index is 0.00418. The van der Waals surface area contributed by atoms with Crippen molar-refractivity contribution in [3.05, 3.63) is 46.4 Å². The molecule has 1 atom stereocenters.